The van der Waals surface area contributed by atoms with Crippen molar-refractivity contribution in [1.82, 2.24) is 0 Å². The fourth-order valence-corrected chi connectivity index (χ4v) is 1.46. The minimum atomic E-state index is -0.506. The van der Waals surface area contributed by atoms with Gasteiger partial charge in [0.2, 0.25) is 0 Å². The Labute approximate surface area is 80.5 Å². The molecule has 0 unspecified atom stereocenters. The lowest BCUT2D eigenvalue weighted by Gasteiger charge is -2.12. The summed E-state index contributed by atoms with van der Waals surface area (Å²) in [5.74, 6) is 4.80. The van der Waals surface area contributed by atoms with Crippen LogP contribution < -0.4 is 0 Å². The van der Waals surface area contributed by atoms with E-state index in [0.717, 1.165) is 0 Å². The lowest BCUT2D eigenvalue weighted by molar-refractivity contribution is -0.136. The fourth-order valence-electron chi connectivity index (χ4n) is 0.853. The van der Waals surface area contributed by atoms with Gasteiger partial charge in [0.1, 0.15) is 5.03 Å². The molecule has 0 aromatic rings. The van der Waals surface area contributed by atoms with Crippen LogP contribution >= 0.6 is 23.2 Å². The minimum Gasteiger partial charge on any atom is -0.466 e. The van der Waals surface area contributed by atoms with Crippen LogP contribution in [-0.4, -0.2) is 18.5 Å². The van der Waals surface area contributed by atoms with Crippen LogP contribution in [0.3, 0.4) is 0 Å². The quantitative estimate of drug-likeness (QED) is 0.369. The third-order valence-corrected chi connectivity index (χ3v) is 2.11. The summed E-state index contributed by atoms with van der Waals surface area (Å²) in [5, 5.41) is -0.265. The predicted octanol–water partition coefficient (Wildman–Crippen LogP) is 1.67. The molecule has 0 bridgehead atoms. The van der Waals surface area contributed by atoms with Gasteiger partial charge in [0.05, 0.1) is 18.1 Å². The first kappa shape index (κ1) is 9.44. The summed E-state index contributed by atoms with van der Waals surface area (Å²) < 4.78 is 4.50. The predicted molar refractivity (Wildman–Crippen MR) is 46.9 cm³/mol. The molecule has 0 spiro atoms. The third-order valence-electron chi connectivity index (χ3n) is 1.43. The maximum atomic E-state index is 11.1. The van der Waals surface area contributed by atoms with E-state index in [1.165, 1.54) is 7.11 Å². The molecule has 0 saturated carbocycles. The molecule has 0 heterocycles. The number of ether oxygens (including phenoxy) is 1. The summed E-state index contributed by atoms with van der Waals surface area (Å²) in [5.41, 5.74) is 0.264. The maximum Gasteiger partial charge on any atom is 0.337 e. The normalized spacial score (nSPS) is 21.4. The van der Waals surface area contributed by atoms with Gasteiger partial charge >= 0.3 is 5.97 Å². The Morgan fingerprint density at radius 2 is 2.42 bits per heavy atom. The Hall–Kier alpha value is -0.650. The van der Waals surface area contributed by atoms with Crippen molar-refractivity contribution < 1.29 is 9.53 Å². The molecule has 64 valence electrons. The molecule has 0 aliphatic heterocycles. The molecule has 0 saturated heterocycles. The van der Waals surface area contributed by atoms with Crippen molar-refractivity contribution >= 4 is 29.2 Å². The fraction of sp³-hybridized carbons (Fsp3) is 0.375. The summed E-state index contributed by atoms with van der Waals surface area (Å²) >= 11 is 11.5. The van der Waals surface area contributed by atoms with Crippen molar-refractivity contribution in [2.45, 2.75) is 11.8 Å². The van der Waals surface area contributed by atoms with Gasteiger partial charge in [-0.3, -0.25) is 0 Å². The lowest BCUT2D eigenvalue weighted by Crippen LogP contribution is -2.17. The number of halogens is 2. The monoisotopic (exact) mass is 204 g/mol. The molecule has 12 heavy (non-hydrogen) atoms. The van der Waals surface area contributed by atoms with E-state index in [-0.39, 0.29) is 10.6 Å². The minimum absolute atomic E-state index is 0.188. The second-order valence-electron chi connectivity index (χ2n) is 2.19. The molecular weight excluding hydrogens is 199 g/mol. The van der Waals surface area contributed by atoms with Crippen molar-refractivity contribution in [1.29, 1.82) is 0 Å². The highest BCUT2D eigenvalue weighted by atomic mass is 35.5. The molecular formula is C8H6Cl2O2. The molecule has 1 aliphatic carbocycles. The molecule has 1 aliphatic rings. The van der Waals surface area contributed by atoms with Gasteiger partial charge in [-0.2, -0.15) is 0 Å². The van der Waals surface area contributed by atoms with Crippen molar-refractivity contribution in [2.75, 3.05) is 7.11 Å². The van der Waals surface area contributed by atoms with Crippen molar-refractivity contribution in [3.05, 3.63) is 10.6 Å². The molecule has 0 aromatic carbocycles. The highest BCUT2D eigenvalue weighted by molar-refractivity contribution is 6.36. The number of hydrogen-bond acceptors (Lipinski definition) is 2. The first-order valence-corrected chi connectivity index (χ1v) is 4.09. The zero-order chi connectivity index (χ0) is 9.14. The van der Waals surface area contributed by atoms with Gasteiger partial charge in [0.15, 0.2) is 0 Å². The SMILES string of the molecule is COC(=O)C1=C(Cl)C#CC[C@H]1Cl. The van der Waals surface area contributed by atoms with Gasteiger partial charge in [0, 0.05) is 6.42 Å². The van der Waals surface area contributed by atoms with Crippen molar-refractivity contribution in [2.24, 2.45) is 0 Å². The largest absolute Gasteiger partial charge is 0.466 e. The average Bonchev–Trinajstić information content (AvgIpc) is 2.03. The zero-order valence-electron chi connectivity index (χ0n) is 6.36. The van der Waals surface area contributed by atoms with Crippen molar-refractivity contribution in [3.63, 3.8) is 0 Å². The average molecular weight is 205 g/mol. The van der Waals surface area contributed by atoms with E-state index in [2.05, 4.69) is 16.6 Å². The lowest BCUT2D eigenvalue weighted by atomic mass is 10.1. The molecule has 0 aromatic heterocycles. The highest BCUT2D eigenvalue weighted by Crippen LogP contribution is 2.24. The Kier molecular flexibility index (Phi) is 3.02. The van der Waals surface area contributed by atoms with E-state index in [1.807, 2.05) is 0 Å². The molecule has 0 radical (unpaired) electrons. The third kappa shape index (κ3) is 1.74. The van der Waals surface area contributed by atoms with Crippen LogP contribution in [0, 0.1) is 11.8 Å². The number of allylic oxidation sites excluding steroid dienone is 1. The van der Waals surface area contributed by atoms with Gasteiger partial charge < -0.3 is 4.74 Å². The Morgan fingerprint density at radius 1 is 1.75 bits per heavy atom. The van der Waals surface area contributed by atoms with Crippen LogP contribution in [-0.2, 0) is 9.53 Å². The van der Waals surface area contributed by atoms with Crippen LogP contribution in [0.5, 0.6) is 0 Å². The van der Waals surface area contributed by atoms with Gasteiger partial charge in [0.25, 0.3) is 0 Å². The topological polar surface area (TPSA) is 26.3 Å². The zero-order valence-corrected chi connectivity index (χ0v) is 7.87. The first-order chi connectivity index (χ1) is 5.66. The number of alkyl halides is 1. The number of methoxy groups -OCH3 is 1. The van der Waals surface area contributed by atoms with Gasteiger partial charge in [-0.1, -0.05) is 23.4 Å². The van der Waals surface area contributed by atoms with Crippen molar-refractivity contribution in [3.8, 4) is 11.8 Å². The first-order valence-electron chi connectivity index (χ1n) is 3.27. The summed E-state index contributed by atoms with van der Waals surface area (Å²) in [7, 11) is 1.28. The van der Waals surface area contributed by atoms with Crippen LogP contribution in [0.2, 0.25) is 0 Å². The summed E-state index contributed by atoms with van der Waals surface area (Å²) in [6, 6.07) is 0. The molecule has 2 nitrogen and oxygen atoms in total. The molecule has 0 N–H and O–H groups in total. The van der Waals surface area contributed by atoms with E-state index in [9.17, 15) is 4.79 Å². The standard InChI is InChI=1S/C8H6Cl2O2/c1-12-8(11)7-5(9)3-2-4-6(7)10/h5H,3H2,1H3/t5-/m1/s1. The molecule has 0 amide bonds. The Balaban J connectivity index is 3.00. The smallest absolute Gasteiger partial charge is 0.337 e. The number of carbonyl (C=O) groups is 1. The van der Waals surface area contributed by atoms with E-state index in [0.29, 0.717) is 6.42 Å². The second kappa shape index (κ2) is 3.84. The number of hydrogen-bond donors (Lipinski definition) is 0. The number of esters is 1. The maximum absolute atomic E-state index is 11.1. The van der Waals surface area contributed by atoms with Crippen LogP contribution in [0.4, 0.5) is 0 Å². The second-order valence-corrected chi connectivity index (χ2v) is 3.10. The van der Waals surface area contributed by atoms with Crippen LogP contribution in [0.25, 0.3) is 0 Å². The summed E-state index contributed by atoms with van der Waals surface area (Å²) in [6.07, 6.45) is 0.433. The summed E-state index contributed by atoms with van der Waals surface area (Å²) in [6.45, 7) is 0. The Morgan fingerprint density at radius 3 is 2.92 bits per heavy atom. The van der Waals surface area contributed by atoms with E-state index in [4.69, 9.17) is 23.2 Å². The Bertz CT molecular complexity index is 296. The van der Waals surface area contributed by atoms with E-state index < -0.39 is 11.3 Å². The molecule has 1 atom stereocenters. The summed E-state index contributed by atoms with van der Waals surface area (Å²) in [4.78, 5) is 11.1. The van der Waals surface area contributed by atoms with Gasteiger partial charge in [-0.15, -0.1) is 11.6 Å². The van der Waals surface area contributed by atoms with Gasteiger partial charge in [-0.05, 0) is 0 Å². The van der Waals surface area contributed by atoms with E-state index in [1.54, 1.807) is 0 Å². The van der Waals surface area contributed by atoms with Gasteiger partial charge in [-0.25, -0.2) is 4.79 Å². The molecule has 0 fully saturated rings. The highest BCUT2D eigenvalue weighted by Gasteiger charge is 2.24. The molecule has 4 heteroatoms. The van der Waals surface area contributed by atoms with E-state index >= 15 is 0 Å². The van der Waals surface area contributed by atoms with Crippen LogP contribution in [0.1, 0.15) is 6.42 Å². The molecule has 1 rings (SSSR count). The number of rotatable bonds is 1. The van der Waals surface area contributed by atoms with Crippen LogP contribution in [0.15, 0.2) is 10.6 Å². The number of carbonyl (C=O) groups excluding carboxylic acids is 1.